The van der Waals surface area contributed by atoms with E-state index in [0.29, 0.717) is 5.02 Å². The summed E-state index contributed by atoms with van der Waals surface area (Å²) in [5.74, 6) is -0.296. The lowest BCUT2D eigenvalue weighted by atomic mass is 10.0. The molecule has 3 aromatic rings. The number of carbonyl (C=O) groups is 1. The average Bonchev–Trinajstić information content (AvgIpc) is 2.63. The first-order valence-corrected chi connectivity index (χ1v) is 8.85. The van der Waals surface area contributed by atoms with Gasteiger partial charge in [0.05, 0.1) is 0 Å². The monoisotopic (exact) mass is 380 g/mol. The van der Waals surface area contributed by atoms with Gasteiger partial charge in [-0.1, -0.05) is 60.1 Å². The number of fused-ring (bicyclic) bond motifs is 1. The maximum atomic E-state index is 12.2. The number of benzene rings is 3. The molecule has 0 atom stereocenters. The first-order valence-electron chi connectivity index (χ1n) is 8.07. The predicted octanol–water partition coefficient (Wildman–Crippen LogP) is 5.33. The minimum Gasteiger partial charge on any atom is -0.332 e. The molecule has 0 aliphatic heterocycles. The number of aryl methyl sites for hydroxylation is 1. The van der Waals surface area contributed by atoms with Gasteiger partial charge in [-0.25, -0.2) is 0 Å². The molecule has 0 fully saturated rings. The van der Waals surface area contributed by atoms with Gasteiger partial charge >= 0.3 is 0 Å². The maximum absolute atomic E-state index is 12.2. The molecule has 130 valence electrons. The summed E-state index contributed by atoms with van der Waals surface area (Å²) in [5.41, 5.74) is 2.72. The Bertz CT molecular complexity index is 1010. The van der Waals surface area contributed by atoms with E-state index in [0.717, 1.165) is 27.6 Å². The fourth-order valence-electron chi connectivity index (χ4n) is 2.60. The number of rotatable bonds is 3. The van der Waals surface area contributed by atoms with Crippen molar-refractivity contribution in [3.05, 3.63) is 82.9 Å². The molecule has 0 saturated carbocycles. The van der Waals surface area contributed by atoms with Crippen LogP contribution in [-0.2, 0) is 4.79 Å². The van der Waals surface area contributed by atoms with Crippen molar-refractivity contribution in [3.8, 4) is 0 Å². The van der Waals surface area contributed by atoms with Gasteiger partial charge in [0, 0.05) is 16.8 Å². The van der Waals surface area contributed by atoms with Crippen molar-refractivity contribution in [2.75, 3.05) is 5.32 Å². The van der Waals surface area contributed by atoms with Gasteiger partial charge < -0.3 is 5.32 Å². The van der Waals surface area contributed by atoms with Crippen LogP contribution in [0.25, 0.3) is 16.8 Å². The summed E-state index contributed by atoms with van der Waals surface area (Å²) in [7, 11) is 0. The molecule has 0 aliphatic carbocycles. The zero-order valence-corrected chi connectivity index (χ0v) is 15.7. The Hall–Kier alpha value is -2.69. The van der Waals surface area contributed by atoms with Gasteiger partial charge in [-0.05, 0) is 59.2 Å². The van der Waals surface area contributed by atoms with Crippen LogP contribution in [0.1, 0.15) is 11.1 Å². The molecule has 0 heterocycles. The summed E-state index contributed by atoms with van der Waals surface area (Å²) in [6.07, 6.45) is 3.26. The predicted molar refractivity (Wildman–Crippen MR) is 114 cm³/mol. The molecule has 0 radical (unpaired) electrons. The van der Waals surface area contributed by atoms with Crippen LogP contribution in [-0.4, -0.2) is 11.0 Å². The van der Waals surface area contributed by atoms with Crippen molar-refractivity contribution < 1.29 is 4.79 Å². The summed E-state index contributed by atoms with van der Waals surface area (Å²) in [5, 5.41) is 8.68. The molecular formula is C21H17ClN2OS. The van der Waals surface area contributed by atoms with E-state index < -0.39 is 0 Å². The largest absolute Gasteiger partial charge is 0.332 e. The molecule has 3 rings (SSSR count). The minimum atomic E-state index is -0.296. The van der Waals surface area contributed by atoms with Crippen molar-refractivity contribution in [2.45, 2.75) is 6.92 Å². The highest BCUT2D eigenvalue weighted by molar-refractivity contribution is 7.80. The third-order valence-corrected chi connectivity index (χ3v) is 4.36. The fraction of sp³-hybridized carbons (Fsp3) is 0.0476. The van der Waals surface area contributed by atoms with Crippen LogP contribution in [0.5, 0.6) is 0 Å². The molecule has 0 bridgehead atoms. The number of carbonyl (C=O) groups excluding carboxylic acids is 1. The van der Waals surface area contributed by atoms with Crippen LogP contribution in [0.3, 0.4) is 0 Å². The van der Waals surface area contributed by atoms with Gasteiger partial charge in [-0.15, -0.1) is 0 Å². The van der Waals surface area contributed by atoms with E-state index in [1.807, 2.05) is 55.5 Å². The summed E-state index contributed by atoms with van der Waals surface area (Å²) >= 11 is 11.2. The molecule has 0 saturated heterocycles. The Kier molecular flexibility index (Phi) is 5.66. The molecule has 2 N–H and O–H groups in total. The third kappa shape index (κ3) is 4.48. The van der Waals surface area contributed by atoms with Gasteiger partial charge in [-0.3, -0.25) is 10.1 Å². The zero-order valence-electron chi connectivity index (χ0n) is 14.1. The van der Waals surface area contributed by atoms with Crippen molar-refractivity contribution in [3.63, 3.8) is 0 Å². The first kappa shape index (κ1) is 18.1. The summed E-state index contributed by atoms with van der Waals surface area (Å²) in [4.78, 5) is 12.2. The van der Waals surface area contributed by atoms with Gasteiger partial charge in [0.15, 0.2) is 5.11 Å². The third-order valence-electron chi connectivity index (χ3n) is 3.92. The van der Waals surface area contributed by atoms with Crippen LogP contribution >= 0.6 is 23.8 Å². The number of anilines is 1. The lowest BCUT2D eigenvalue weighted by Crippen LogP contribution is -2.33. The van der Waals surface area contributed by atoms with Crippen molar-refractivity contribution in [1.82, 2.24) is 5.32 Å². The number of nitrogens with one attached hydrogen (secondary N) is 2. The first-order chi connectivity index (χ1) is 12.5. The highest BCUT2D eigenvalue weighted by Crippen LogP contribution is 2.20. The normalized spacial score (nSPS) is 10.8. The Labute approximate surface area is 162 Å². The van der Waals surface area contributed by atoms with E-state index in [-0.39, 0.29) is 11.0 Å². The summed E-state index contributed by atoms with van der Waals surface area (Å²) in [6, 6.07) is 19.5. The Morgan fingerprint density at radius 1 is 1.08 bits per heavy atom. The number of thiocarbonyl (C=S) groups is 1. The van der Waals surface area contributed by atoms with Crippen LogP contribution in [0.15, 0.2) is 66.7 Å². The molecule has 5 heteroatoms. The highest BCUT2D eigenvalue weighted by Gasteiger charge is 2.05. The highest BCUT2D eigenvalue weighted by atomic mass is 35.5. The van der Waals surface area contributed by atoms with E-state index in [4.69, 9.17) is 23.8 Å². The number of hydrogen-bond donors (Lipinski definition) is 2. The minimum absolute atomic E-state index is 0.225. The van der Waals surface area contributed by atoms with E-state index in [9.17, 15) is 4.79 Å². The van der Waals surface area contributed by atoms with Gasteiger partial charge in [0.2, 0.25) is 5.91 Å². The second kappa shape index (κ2) is 8.13. The van der Waals surface area contributed by atoms with Crippen LogP contribution in [0.2, 0.25) is 5.02 Å². The molecule has 3 aromatic carbocycles. The SMILES string of the molecule is Cc1ccc(Cl)cc1NC(=S)NC(=O)/C=C/c1cccc2ccccc12. The van der Waals surface area contributed by atoms with Gasteiger partial charge in [-0.2, -0.15) is 0 Å². The smallest absolute Gasteiger partial charge is 0.250 e. The van der Waals surface area contributed by atoms with Crippen molar-refractivity contribution >= 4 is 57.4 Å². The van der Waals surface area contributed by atoms with Gasteiger partial charge in [0.1, 0.15) is 0 Å². The van der Waals surface area contributed by atoms with Crippen molar-refractivity contribution in [2.24, 2.45) is 0 Å². The summed E-state index contributed by atoms with van der Waals surface area (Å²) in [6.45, 7) is 1.93. The summed E-state index contributed by atoms with van der Waals surface area (Å²) < 4.78 is 0. The molecule has 0 aliphatic rings. The molecule has 1 amide bonds. The molecule has 26 heavy (non-hydrogen) atoms. The van der Waals surface area contributed by atoms with Gasteiger partial charge in [0.25, 0.3) is 0 Å². The standard InChI is InChI=1S/C21H17ClN2OS/c1-14-9-11-17(22)13-19(14)23-21(26)24-20(25)12-10-16-7-4-6-15-5-2-3-8-18(15)16/h2-13H,1H3,(H2,23,24,25,26)/b12-10+. The number of amides is 1. The lowest BCUT2D eigenvalue weighted by molar-refractivity contribution is -0.115. The van der Waals surface area contributed by atoms with E-state index in [2.05, 4.69) is 10.6 Å². The Morgan fingerprint density at radius 2 is 1.85 bits per heavy atom. The quantitative estimate of drug-likeness (QED) is 0.476. The molecule has 0 aromatic heterocycles. The van der Waals surface area contributed by atoms with Crippen LogP contribution in [0.4, 0.5) is 5.69 Å². The Morgan fingerprint density at radius 3 is 2.69 bits per heavy atom. The van der Waals surface area contributed by atoms with E-state index in [1.54, 1.807) is 18.2 Å². The Balaban J connectivity index is 1.67. The average molecular weight is 381 g/mol. The van der Waals surface area contributed by atoms with Crippen molar-refractivity contribution in [1.29, 1.82) is 0 Å². The van der Waals surface area contributed by atoms with Crippen LogP contribution < -0.4 is 10.6 Å². The lowest BCUT2D eigenvalue weighted by Gasteiger charge is -2.11. The molecule has 0 spiro atoms. The maximum Gasteiger partial charge on any atom is 0.250 e. The number of hydrogen-bond acceptors (Lipinski definition) is 2. The molecule has 3 nitrogen and oxygen atoms in total. The topological polar surface area (TPSA) is 41.1 Å². The number of halogens is 1. The second-order valence-corrected chi connectivity index (χ2v) is 6.65. The zero-order chi connectivity index (χ0) is 18.5. The van der Waals surface area contributed by atoms with E-state index >= 15 is 0 Å². The molecule has 0 unspecified atom stereocenters. The second-order valence-electron chi connectivity index (χ2n) is 5.80. The molecular weight excluding hydrogens is 364 g/mol. The fourth-order valence-corrected chi connectivity index (χ4v) is 2.98. The van der Waals surface area contributed by atoms with E-state index in [1.165, 1.54) is 6.08 Å². The van der Waals surface area contributed by atoms with Crippen LogP contribution in [0, 0.1) is 6.92 Å².